The maximum atomic E-state index is 11.7. The number of aliphatic hydroxyl groups is 1. The second-order valence-corrected chi connectivity index (χ2v) is 16.5. The minimum Gasteiger partial charge on any atom is -0.485 e. The summed E-state index contributed by atoms with van der Waals surface area (Å²) >= 11 is 0. The van der Waals surface area contributed by atoms with Gasteiger partial charge in [0.25, 0.3) is 0 Å². The van der Waals surface area contributed by atoms with Gasteiger partial charge in [-0.2, -0.15) is 0 Å². The minimum absolute atomic E-state index is 0.000556. The molecule has 2 saturated heterocycles. The fraction of sp³-hybridized carbons (Fsp3) is 0.590. The van der Waals surface area contributed by atoms with Crippen molar-refractivity contribution >= 4 is 27.5 Å². The van der Waals surface area contributed by atoms with Gasteiger partial charge in [-0.15, -0.1) is 0 Å². The normalized spacial score (nSPS) is 38.0. The van der Waals surface area contributed by atoms with Crippen LogP contribution < -0.4 is 20.1 Å². The molecule has 4 aliphatic carbocycles. The van der Waals surface area contributed by atoms with Gasteiger partial charge in [0.1, 0.15) is 35.9 Å². The van der Waals surface area contributed by atoms with Crippen molar-refractivity contribution in [3.05, 3.63) is 70.8 Å². The summed E-state index contributed by atoms with van der Waals surface area (Å²) in [6.45, 7) is 9.05. The second-order valence-electron chi connectivity index (χ2n) is 15.2. The van der Waals surface area contributed by atoms with Crippen molar-refractivity contribution in [3.63, 3.8) is 0 Å². The fourth-order valence-electron chi connectivity index (χ4n) is 10.9. The van der Waals surface area contributed by atoms with E-state index in [4.69, 9.17) is 14.2 Å². The number of hydrogen-bond acceptors (Lipinski definition) is 8. The maximum absolute atomic E-state index is 11.7. The zero-order chi connectivity index (χ0) is 34.2. The minimum atomic E-state index is -0.588. The molecule has 4 bridgehead atoms. The monoisotopic (exact) mass is 702 g/mol. The molecule has 4 aliphatic heterocycles. The van der Waals surface area contributed by atoms with Crippen molar-refractivity contribution in [2.24, 2.45) is 11.8 Å². The van der Waals surface area contributed by atoms with Crippen LogP contribution in [0.15, 0.2) is 48.6 Å². The van der Waals surface area contributed by atoms with E-state index in [9.17, 15) is 14.2 Å². The van der Waals surface area contributed by atoms with E-state index >= 15 is 0 Å². The van der Waals surface area contributed by atoms with E-state index in [1.807, 2.05) is 25.1 Å². The lowest BCUT2D eigenvalue weighted by molar-refractivity contribution is -0.0677. The molecule has 2 spiro atoms. The first-order valence-corrected chi connectivity index (χ1v) is 19.8. The second kappa shape index (κ2) is 12.7. The summed E-state index contributed by atoms with van der Waals surface area (Å²) < 4.78 is 41.9. The third kappa shape index (κ3) is 4.64. The van der Waals surface area contributed by atoms with Crippen molar-refractivity contribution in [2.45, 2.75) is 100 Å². The SMILES string of the molecule is CCC.CCO[C@H]1C=C[C@H]2[C@H]3Cc4ccc(P=O)c5c4[C@@]2(CCN3C)C1O5.CN1CC[C@]23c4c5ccc(P=O)c4OC2[C@@H](O)C=C[C@H]3[C@H]1C5. The Morgan fingerprint density at radius 1 is 0.776 bits per heavy atom. The van der Waals surface area contributed by atoms with Gasteiger partial charge >= 0.3 is 0 Å². The average Bonchev–Trinajstić information content (AvgIpc) is 3.64. The van der Waals surface area contributed by atoms with E-state index in [-0.39, 0.29) is 46.1 Å². The van der Waals surface area contributed by atoms with Gasteiger partial charge in [-0.1, -0.05) is 56.7 Å². The molecule has 0 aromatic heterocycles. The quantitative estimate of drug-likeness (QED) is 0.341. The topological polar surface area (TPSA) is 88.5 Å². The van der Waals surface area contributed by atoms with Gasteiger partial charge in [0.15, 0.2) is 16.9 Å². The summed E-state index contributed by atoms with van der Waals surface area (Å²) in [5.74, 6) is 2.46. The number of likely N-dealkylation sites (N-methyl/N-ethyl adjacent to an activating group) is 2. The highest BCUT2D eigenvalue weighted by molar-refractivity contribution is 7.34. The fourth-order valence-corrected chi connectivity index (χ4v) is 11.7. The Balaban J connectivity index is 0.000000132. The molecule has 10 rings (SSSR count). The lowest BCUT2D eigenvalue weighted by Gasteiger charge is -2.56. The van der Waals surface area contributed by atoms with E-state index in [0.717, 1.165) is 55.6 Å². The van der Waals surface area contributed by atoms with Crippen molar-refractivity contribution in [1.29, 1.82) is 0 Å². The van der Waals surface area contributed by atoms with Crippen molar-refractivity contribution in [3.8, 4) is 11.5 Å². The molecular weight excluding hydrogens is 654 g/mol. The highest BCUT2D eigenvalue weighted by Gasteiger charge is 2.65. The van der Waals surface area contributed by atoms with Gasteiger partial charge in [-0.3, -0.25) is 9.13 Å². The Kier molecular flexibility index (Phi) is 8.70. The van der Waals surface area contributed by atoms with E-state index in [1.165, 1.54) is 28.7 Å². The summed E-state index contributed by atoms with van der Waals surface area (Å²) in [4.78, 5) is 4.94. The number of likely N-dealkylation sites (tertiary alicyclic amines) is 2. The third-order valence-electron chi connectivity index (χ3n) is 12.8. The summed E-state index contributed by atoms with van der Waals surface area (Å²) in [5, 5.41) is 12.0. The number of nitrogens with zero attached hydrogens (tertiary/aromatic N) is 2. The molecule has 2 aromatic carbocycles. The number of benzene rings is 2. The van der Waals surface area contributed by atoms with Crippen molar-refractivity contribution < 1.29 is 28.4 Å². The number of ether oxygens (including phenoxy) is 3. The molecule has 2 aromatic rings. The lowest BCUT2D eigenvalue weighted by atomic mass is 9.53. The summed E-state index contributed by atoms with van der Waals surface area (Å²) in [7, 11) is 4.46. The van der Waals surface area contributed by atoms with Crippen LogP contribution in [0, 0.1) is 11.8 Å². The molecular formula is C39H48N2O6P2. The molecule has 8 aliphatic rings. The summed E-state index contributed by atoms with van der Waals surface area (Å²) in [6, 6.07) is 9.13. The van der Waals surface area contributed by atoms with Crippen LogP contribution in [0.25, 0.3) is 0 Å². The largest absolute Gasteiger partial charge is 0.485 e. The van der Waals surface area contributed by atoms with Crippen LogP contribution in [0.4, 0.5) is 0 Å². The Bertz CT molecular complexity index is 1730. The van der Waals surface area contributed by atoms with Crippen LogP contribution in [0.3, 0.4) is 0 Å². The van der Waals surface area contributed by atoms with Crippen LogP contribution in [0.5, 0.6) is 11.5 Å². The molecule has 4 heterocycles. The van der Waals surface area contributed by atoms with E-state index in [1.54, 1.807) is 0 Å². The van der Waals surface area contributed by atoms with Gasteiger partial charge in [0, 0.05) is 52.5 Å². The van der Waals surface area contributed by atoms with Gasteiger partial charge in [-0.05, 0) is 83.1 Å². The number of hydrogen-bond donors (Lipinski definition) is 1. The molecule has 260 valence electrons. The Morgan fingerprint density at radius 2 is 1.27 bits per heavy atom. The first-order valence-electron chi connectivity index (χ1n) is 18.2. The summed E-state index contributed by atoms with van der Waals surface area (Å²) in [5.41, 5.74) is 5.08. The molecule has 2 unspecified atom stereocenters. The highest BCUT2D eigenvalue weighted by atomic mass is 31.1. The number of piperidine rings is 2. The molecule has 0 saturated carbocycles. The molecule has 10 heteroatoms. The predicted octanol–water partition coefficient (Wildman–Crippen LogP) is 5.28. The zero-order valence-electron chi connectivity index (χ0n) is 29.2. The molecule has 2 fully saturated rings. The Labute approximate surface area is 293 Å². The molecule has 8 nitrogen and oxygen atoms in total. The first-order chi connectivity index (χ1) is 23.8. The smallest absolute Gasteiger partial charge is 0.196 e. The number of rotatable bonds is 4. The highest BCUT2D eigenvalue weighted by Crippen LogP contribution is 2.62. The Hall–Kier alpha value is -2.44. The molecule has 0 radical (unpaired) electrons. The summed E-state index contributed by atoms with van der Waals surface area (Å²) in [6.07, 6.45) is 13.2. The number of aliphatic hydroxyl groups excluding tert-OH is 1. The molecule has 10 atom stereocenters. The standard InChI is InChI=1S/C19H22NO3P.C17H18NO3P.C3H8/c1-3-22-14-6-5-12-13-10-11-4-7-15(24-21)17-16(11)19(12,18(14)23-17)8-9-20(13)2;1-18-7-6-17-10-3-4-12(19)16(17)21-15-13(22-20)5-2-9(14(15)17)8-11(10)18;1-3-2/h4-7,12-14,18H,3,8-10H2,1-2H3;2-5,10-12,16,19H,6-8H2,1H3;3H2,1-2H3/t12-,13+,14-,18?,19-;10-,11+,12-,16?,17-;/m00./s1. The molecule has 0 amide bonds. The van der Waals surface area contributed by atoms with Crippen LogP contribution in [0.2, 0.25) is 0 Å². The van der Waals surface area contributed by atoms with Crippen LogP contribution in [0.1, 0.15) is 62.3 Å². The van der Waals surface area contributed by atoms with E-state index < -0.39 is 6.10 Å². The predicted molar refractivity (Wildman–Crippen MR) is 192 cm³/mol. The van der Waals surface area contributed by atoms with E-state index in [2.05, 4.69) is 68.1 Å². The van der Waals surface area contributed by atoms with Gasteiger partial charge in [-0.25, -0.2) is 0 Å². The average molecular weight is 703 g/mol. The zero-order valence-corrected chi connectivity index (χ0v) is 31.0. The maximum Gasteiger partial charge on any atom is 0.196 e. The van der Waals surface area contributed by atoms with E-state index in [0.29, 0.717) is 35.8 Å². The lowest BCUT2D eigenvalue weighted by Crippen LogP contribution is -2.65. The van der Waals surface area contributed by atoms with Crippen LogP contribution in [-0.2, 0) is 37.5 Å². The molecule has 49 heavy (non-hydrogen) atoms. The van der Waals surface area contributed by atoms with Crippen molar-refractivity contribution in [2.75, 3.05) is 33.8 Å². The third-order valence-corrected chi connectivity index (χ3v) is 13.9. The van der Waals surface area contributed by atoms with Crippen LogP contribution >= 0.6 is 16.9 Å². The first kappa shape index (κ1) is 33.7. The van der Waals surface area contributed by atoms with Gasteiger partial charge in [0.2, 0.25) is 0 Å². The van der Waals surface area contributed by atoms with Gasteiger partial charge < -0.3 is 29.1 Å². The van der Waals surface area contributed by atoms with Crippen molar-refractivity contribution in [1.82, 2.24) is 9.80 Å². The van der Waals surface area contributed by atoms with Gasteiger partial charge in [0.05, 0.1) is 10.6 Å². The molecule has 1 N–H and O–H groups in total. The Morgan fingerprint density at radius 3 is 1.78 bits per heavy atom. The van der Waals surface area contributed by atoms with Crippen LogP contribution in [-0.4, -0.2) is 85.2 Å².